The van der Waals surface area contributed by atoms with Gasteiger partial charge in [0.1, 0.15) is 22.5 Å². The van der Waals surface area contributed by atoms with Gasteiger partial charge >= 0.3 is 18.5 Å². The van der Waals surface area contributed by atoms with Crippen molar-refractivity contribution in [1.29, 1.82) is 0 Å². The lowest BCUT2D eigenvalue weighted by Crippen LogP contribution is -2.15. The zero-order chi connectivity index (χ0) is 29.0. The van der Waals surface area contributed by atoms with Crippen LogP contribution in [0.15, 0.2) is 30.3 Å². The second-order valence-corrected chi connectivity index (χ2v) is 7.26. The molecule has 0 radical (unpaired) electrons. The number of anilines is 2. The summed E-state index contributed by atoms with van der Waals surface area (Å²) in [5.74, 6) is -17.7. The van der Waals surface area contributed by atoms with Gasteiger partial charge in [-0.15, -0.1) is 0 Å². The Morgan fingerprint density at radius 2 is 0.947 bits per heavy atom. The predicted octanol–water partition coefficient (Wildman–Crippen LogP) is 8.05. The minimum absolute atomic E-state index is 0.0490. The highest BCUT2D eigenvalue weighted by atomic mass is 19.4. The Bertz CT molecular complexity index is 1400. The van der Waals surface area contributed by atoms with Crippen LogP contribution in [0, 0.1) is 23.3 Å². The maximum Gasteiger partial charge on any atom is 0.422 e. The molecule has 0 unspecified atom stereocenters. The quantitative estimate of drug-likeness (QED) is 0.247. The third kappa shape index (κ3) is 5.31. The molecular weight excluding hydrogens is 559 g/mol. The highest BCUT2D eigenvalue weighted by molar-refractivity contribution is 5.57. The minimum atomic E-state index is -5.92. The van der Waals surface area contributed by atoms with Crippen LogP contribution >= 0.6 is 0 Å². The van der Waals surface area contributed by atoms with Crippen LogP contribution in [0.25, 0.3) is 0 Å². The molecule has 0 aliphatic heterocycles. The lowest BCUT2D eigenvalue weighted by atomic mass is 10.1. The Balaban J connectivity index is 2.33. The number of benzene rings is 3. The summed E-state index contributed by atoms with van der Waals surface area (Å²) in [4.78, 5) is 0. The molecule has 3 rings (SSSR count). The molecule has 0 spiro atoms. The summed E-state index contributed by atoms with van der Waals surface area (Å²) >= 11 is 0. The fourth-order valence-electron chi connectivity index (χ4n) is 3.02. The lowest BCUT2D eigenvalue weighted by Gasteiger charge is -2.21. The van der Waals surface area contributed by atoms with Crippen LogP contribution in [-0.4, -0.2) is 0 Å². The zero-order valence-electron chi connectivity index (χ0n) is 17.8. The summed E-state index contributed by atoms with van der Waals surface area (Å²) in [5, 5.41) is 0. The molecule has 0 bridgehead atoms. The van der Waals surface area contributed by atoms with Gasteiger partial charge < -0.3 is 20.9 Å². The van der Waals surface area contributed by atoms with Gasteiger partial charge in [-0.1, -0.05) is 0 Å². The number of nitrogen functional groups attached to an aromatic ring is 2. The minimum Gasteiger partial charge on any atom is -0.450 e. The van der Waals surface area contributed by atoms with Gasteiger partial charge in [-0.2, -0.15) is 43.9 Å². The van der Waals surface area contributed by atoms with E-state index >= 15 is 4.39 Å². The summed E-state index contributed by atoms with van der Waals surface area (Å²) in [6.07, 6.45) is -16.9. The molecule has 0 saturated carbocycles. The molecule has 206 valence electrons. The maximum atomic E-state index is 15.1. The first-order valence-corrected chi connectivity index (χ1v) is 9.50. The molecule has 17 heteroatoms. The molecule has 0 aliphatic rings. The van der Waals surface area contributed by atoms with Crippen molar-refractivity contribution in [3.63, 3.8) is 0 Å². The van der Waals surface area contributed by atoms with E-state index < -0.39 is 98.9 Å². The van der Waals surface area contributed by atoms with E-state index in [-0.39, 0.29) is 12.1 Å². The highest BCUT2D eigenvalue weighted by Gasteiger charge is 2.44. The van der Waals surface area contributed by atoms with E-state index in [1.54, 1.807) is 0 Å². The average Bonchev–Trinajstić information content (AvgIpc) is 2.75. The first kappa shape index (κ1) is 28.5. The summed E-state index contributed by atoms with van der Waals surface area (Å²) in [6, 6.07) is 0.459. The Morgan fingerprint density at radius 1 is 0.526 bits per heavy atom. The largest absolute Gasteiger partial charge is 0.450 e. The molecule has 4 nitrogen and oxygen atoms in total. The van der Waals surface area contributed by atoms with Crippen LogP contribution in [0.3, 0.4) is 0 Å². The number of halogens is 13. The lowest BCUT2D eigenvalue weighted by molar-refractivity contribution is -0.141. The van der Waals surface area contributed by atoms with Crippen LogP contribution in [0.4, 0.5) is 68.5 Å². The number of hydrogen-bond donors (Lipinski definition) is 2. The second kappa shape index (κ2) is 9.36. The van der Waals surface area contributed by atoms with Crippen molar-refractivity contribution in [3.05, 3.63) is 70.3 Å². The van der Waals surface area contributed by atoms with E-state index in [1.165, 1.54) is 0 Å². The van der Waals surface area contributed by atoms with E-state index in [0.717, 1.165) is 0 Å². The van der Waals surface area contributed by atoms with Crippen LogP contribution in [0.1, 0.15) is 16.7 Å². The molecule has 0 amide bonds. The van der Waals surface area contributed by atoms with Crippen molar-refractivity contribution in [1.82, 2.24) is 0 Å². The molecule has 4 N–H and O–H groups in total. The van der Waals surface area contributed by atoms with Gasteiger partial charge in [-0.3, -0.25) is 0 Å². The molecule has 0 saturated heterocycles. The Labute approximate surface area is 202 Å². The normalized spacial score (nSPS) is 12.6. The fourth-order valence-corrected chi connectivity index (χ4v) is 3.02. The molecule has 0 fully saturated rings. The van der Waals surface area contributed by atoms with Crippen molar-refractivity contribution < 1.29 is 66.5 Å². The monoisotopic (exact) mass is 568 g/mol. The first-order valence-electron chi connectivity index (χ1n) is 9.50. The third-order valence-electron chi connectivity index (χ3n) is 4.70. The number of ether oxygens (including phenoxy) is 2. The van der Waals surface area contributed by atoms with E-state index in [9.17, 15) is 52.7 Å². The van der Waals surface area contributed by atoms with Crippen LogP contribution in [0.2, 0.25) is 0 Å². The Morgan fingerprint density at radius 3 is 1.34 bits per heavy atom. The smallest absolute Gasteiger partial charge is 0.422 e. The van der Waals surface area contributed by atoms with Crippen LogP contribution in [0.5, 0.6) is 23.0 Å². The molecule has 3 aromatic carbocycles. The van der Waals surface area contributed by atoms with Gasteiger partial charge in [0.15, 0.2) is 34.6 Å². The van der Waals surface area contributed by atoms with Gasteiger partial charge in [0.2, 0.25) is 5.82 Å². The summed E-state index contributed by atoms with van der Waals surface area (Å²) in [7, 11) is 0. The summed E-state index contributed by atoms with van der Waals surface area (Å²) in [5.41, 5.74) is 1.26. The Kier molecular flexibility index (Phi) is 7.02. The van der Waals surface area contributed by atoms with Gasteiger partial charge in [0, 0.05) is 6.07 Å². The SMILES string of the molecule is Nc1ccc(C(F)(F)F)c(Oc2cc(F)c(C(F)(F)F)c(Oc3c(C(F)(F)F)ccc(N)c3F)c2F)c1F. The Hall–Kier alpha value is -4.05. The van der Waals surface area contributed by atoms with E-state index in [2.05, 4.69) is 9.47 Å². The molecule has 0 atom stereocenters. The predicted molar refractivity (Wildman–Crippen MR) is 103 cm³/mol. The van der Waals surface area contributed by atoms with Gasteiger partial charge in [-0.05, 0) is 24.3 Å². The van der Waals surface area contributed by atoms with Gasteiger partial charge in [0.05, 0.1) is 11.4 Å². The van der Waals surface area contributed by atoms with E-state index in [4.69, 9.17) is 11.5 Å². The highest BCUT2D eigenvalue weighted by Crippen LogP contribution is 2.49. The number of rotatable bonds is 4. The number of alkyl halides is 9. The second-order valence-electron chi connectivity index (χ2n) is 7.26. The van der Waals surface area contributed by atoms with Crippen molar-refractivity contribution in [2.24, 2.45) is 0 Å². The molecule has 38 heavy (non-hydrogen) atoms. The van der Waals surface area contributed by atoms with E-state index in [1.807, 2.05) is 0 Å². The fraction of sp³-hybridized carbons (Fsp3) is 0.143. The first-order chi connectivity index (χ1) is 17.2. The molecule has 3 aromatic rings. The molecular formula is C21H9F13N2O2. The van der Waals surface area contributed by atoms with Crippen molar-refractivity contribution >= 4 is 11.4 Å². The molecule has 0 heterocycles. The molecule has 0 aromatic heterocycles. The maximum absolute atomic E-state index is 15.1. The van der Waals surface area contributed by atoms with E-state index in [0.29, 0.717) is 12.1 Å². The summed E-state index contributed by atoms with van der Waals surface area (Å²) < 4.78 is 187. The average molecular weight is 568 g/mol. The topological polar surface area (TPSA) is 70.5 Å². The van der Waals surface area contributed by atoms with Crippen LogP contribution < -0.4 is 20.9 Å². The summed E-state index contributed by atoms with van der Waals surface area (Å²) in [6.45, 7) is 0. The number of nitrogens with two attached hydrogens (primary N) is 2. The van der Waals surface area contributed by atoms with Crippen molar-refractivity contribution in [3.8, 4) is 23.0 Å². The van der Waals surface area contributed by atoms with Crippen molar-refractivity contribution in [2.75, 3.05) is 11.5 Å². The van der Waals surface area contributed by atoms with Gasteiger partial charge in [0.25, 0.3) is 0 Å². The third-order valence-corrected chi connectivity index (χ3v) is 4.70. The number of hydrogen-bond acceptors (Lipinski definition) is 4. The van der Waals surface area contributed by atoms with Crippen LogP contribution in [-0.2, 0) is 18.5 Å². The zero-order valence-corrected chi connectivity index (χ0v) is 17.8. The van der Waals surface area contributed by atoms with Crippen molar-refractivity contribution in [2.45, 2.75) is 18.5 Å². The van der Waals surface area contributed by atoms with Gasteiger partial charge in [-0.25, -0.2) is 13.2 Å². The molecule has 0 aliphatic carbocycles. The standard InChI is InChI=1S/C21H9F13N2O2/c22-8-5-11(37-16-6(19(26,27)28)1-3-9(35)13(16)23)15(25)18(12(8)21(32,33)34)38-17-7(20(29,30)31)2-4-10(36)14(17)24/h1-5H,35-36H2.